The number of carboxylic acid groups (broad SMARTS) is 1. The average molecular weight is 540 g/mol. The summed E-state index contributed by atoms with van der Waals surface area (Å²) in [4.78, 5) is 33.9. The maximum atomic E-state index is 11.8. The summed E-state index contributed by atoms with van der Waals surface area (Å²) in [6, 6.07) is 3.83. The number of hydrogen-bond acceptors (Lipinski definition) is 7. The Labute approximate surface area is 228 Å². The van der Waals surface area contributed by atoms with Crippen LogP contribution in [-0.2, 0) is 9.53 Å². The summed E-state index contributed by atoms with van der Waals surface area (Å²) in [5.74, 6) is 2.83. The van der Waals surface area contributed by atoms with E-state index in [4.69, 9.17) is 19.3 Å². The minimum absolute atomic E-state index is 0.00803. The molecule has 39 heavy (non-hydrogen) atoms. The van der Waals surface area contributed by atoms with Gasteiger partial charge in [0, 0.05) is 18.2 Å². The molecule has 1 aromatic rings. The Bertz CT molecular complexity index is 1230. The van der Waals surface area contributed by atoms with E-state index in [1.54, 1.807) is 6.08 Å². The first-order chi connectivity index (χ1) is 18.6. The van der Waals surface area contributed by atoms with Crippen molar-refractivity contribution in [3.63, 3.8) is 0 Å². The highest BCUT2D eigenvalue weighted by Crippen LogP contribution is 2.68. The average Bonchev–Trinajstić information content (AvgIpc) is 3.46. The van der Waals surface area contributed by atoms with Crippen LogP contribution >= 0.6 is 0 Å². The van der Waals surface area contributed by atoms with Crippen molar-refractivity contribution >= 4 is 17.8 Å². The largest absolute Gasteiger partial charge is 0.511 e. The van der Waals surface area contributed by atoms with E-state index in [1.807, 2.05) is 0 Å². The number of hydrogen-bond donors (Lipinski definition) is 1. The SMILES string of the molecule is C[C@]12CCC3C(CC[C@@H]4C[C@@H](Oc5cc(OC(=O)O)ccc5[N+](=O)[O-])CC[C@]34C)C1CC[C@@H]2C1=CC(=O)OC1. The molecule has 1 N–H and O–H groups in total. The van der Waals surface area contributed by atoms with Gasteiger partial charge in [-0.1, -0.05) is 13.8 Å². The van der Waals surface area contributed by atoms with Gasteiger partial charge >= 0.3 is 17.8 Å². The van der Waals surface area contributed by atoms with Crippen LogP contribution in [-0.4, -0.2) is 34.9 Å². The molecule has 8 atom stereocenters. The predicted molar refractivity (Wildman–Crippen MR) is 140 cm³/mol. The molecule has 9 heteroatoms. The maximum Gasteiger partial charge on any atom is 0.511 e. The van der Waals surface area contributed by atoms with Gasteiger partial charge in [-0.2, -0.15) is 0 Å². The van der Waals surface area contributed by atoms with E-state index in [2.05, 4.69) is 13.8 Å². The summed E-state index contributed by atoms with van der Waals surface area (Å²) in [6.07, 6.45) is 9.87. The van der Waals surface area contributed by atoms with Gasteiger partial charge in [0.1, 0.15) is 12.4 Å². The highest BCUT2D eigenvalue weighted by molar-refractivity contribution is 5.85. The lowest BCUT2D eigenvalue weighted by Crippen LogP contribution is -2.54. The molecular weight excluding hydrogens is 502 g/mol. The molecule has 0 spiro atoms. The van der Waals surface area contributed by atoms with Gasteiger partial charge in [0.2, 0.25) is 5.75 Å². The summed E-state index contributed by atoms with van der Waals surface area (Å²) in [7, 11) is 0. The van der Waals surface area contributed by atoms with Crippen LogP contribution in [0.25, 0.3) is 0 Å². The van der Waals surface area contributed by atoms with Gasteiger partial charge < -0.3 is 19.3 Å². The second-order valence-corrected chi connectivity index (χ2v) is 12.9. The van der Waals surface area contributed by atoms with Crippen LogP contribution in [0.2, 0.25) is 0 Å². The normalized spacial score (nSPS) is 39.0. The Morgan fingerprint density at radius 2 is 1.85 bits per heavy atom. The first-order valence-electron chi connectivity index (χ1n) is 14.3. The number of rotatable bonds is 5. The number of nitro benzene ring substituents is 1. The lowest BCUT2D eigenvalue weighted by molar-refractivity contribution is -0.386. The van der Waals surface area contributed by atoms with Crippen LogP contribution in [0, 0.1) is 50.5 Å². The molecule has 0 amide bonds. The molecule has 6 rings (SSSR count). The first kappa shape index (κ1) is 26.1. The fourth-order valence-electron chi connectivity index (χ4n) is 9.61. The molecule has 1 heterocycles. The molecule has 210 valence electrons. The van der Waals surface area contributed by atoms with Crippen molar-refractivity contribution in [3.05, 3.63) is 40.0 Å². The molecule has 4 aliphatic carbocycles. The summed E-state index contributed by atoms with van der Waals surface area (Å²) < 4.78 is 16.2. The third-order valence-corrected chi connectivity index (χ3v) is 11.4. The fraction of sp³-hybridized carbons (Fsp3) is 0.667. The number of fused-ring (bicyclic) bond motifs is 5. The van der Waals surface area contributed by atoms with Crippen LogP contribution < -0.4 is 9.47 Å². The fourth-order valence-corrected chi connectivity index (χ4v) is 9.61. The molecule has 4 fully saturated rings. The Hall–Kier alpha value is -3.10. The van der Waals surface area contributed by atoms with E-state index in [1.165, 1.54) is 49.5 Å². The van der Waals surface area contributed by atoms with E-state index in [-0.39, 0.29) is 40.1 Å². The van der Waals surface area contributed by atoms with Crippen molar-refractivity contribution in [2.75, 3.05) is 6.61 Å². The highest BCUT2D eigenvalue weighted by atomic mass is 16.7. The van der Waals surface area contributed by atoms with Gasteiger partial charge in [-0.15, -0.1) is 0 Å². The number of carbonyl (C=O) groups excluding carboxylic acids is 1. The van der Waals surface area contributed by atoms with Crippen molar-refractivity contribution in [1.29, 1.82) is 0 Å². The Morgan fingerprint density at radius 3 is 2.56 bits per heavy atom. The third kappa shape index (κ3) is 4.38. The van der Waals surface area contributed by atoms with Crippen LogP contribution in [0.5, 0.6) is 11.5 Å². The van der Waals surface area contributed by atoms with Crippen molar-refractivity contribution in [2.45, 2.75) is 77.7 Å². The van der Waals surface area contributed by atoms with Gasteiger partial charge in [-0.25, -0.2) is 9.59 Å². The summed E-state index contributed by atoms with van der Waals surface area (Å²) in [5.41, 5.74) is 1.46. The molecule has 0 radical (unpaired) electrons. The molecule has 1 aliphatic heterocycles. The standard InChI is InChI=1S/C30H37NO8/c1-29-11-9-20(38-26-15-19(39-28(33)34)4-8-25(26)31(35)36)14-18(29)3-5-21-23-7-6-22(17-13-27(32)37-16-17)30(23,2)12-10-24(21)29/h4,8,13,15,18,20-24H,3,5-7,9-12,14,16H2,1-2H3,(H,33,34)/t18-,20+,21?,22-,23?,24?,29+,30-/m1/s1. The van der Waals surface area contributed by atoms with Gasteiger partial charge in [-0.3, -0.25) is 10.1 Å². The quantitative estimate of drug-likeness (QED) is 0.193. The number of nitrogens with zero attached hydrogens (tertiary/aromatic N) is 1. The lowest BCUT2D eigenvalue weighted by atomic mass is 9.44. The van der Waals surface area contributed by atoms with Gasteiger partial charge in [0.05, 0.1) is 11.0 Å². The minimum atomic E-state index is -1.47. The topological polar surface area (TPSA) is 125 Å². The van der Waals surface area contributed by atoms with E-state index >= 15 is 0 Å². The van der Waals surface area contributed by atoms with Gasteiger partial charge in [0.15, 0.2) is 0 Å². The van der Waals surface area contributed by atoms with E-state index in [0.717, 1.165) is 32.1 Å². The monoisotopic (exact) mass is 539 g/mol. The molecule has 3 unspecified atom stereocenters. The van der Waals surface area contributed by atoms with Crippen molar-refractivity contribution < 1.29 is 33.8 Å². The van der Waals surface area contributed by atoms with E-state index in [9.17, 15) is 19.7 Å². The zero-order valence-corrected chi connectivity index (χ0v) is 22.6. The van der Waals surface area contributed by atoms with E-state index < -0.39 is 11.1 Å². The molecule has 5 aliphatic rings. The molecule has 0 bridgehead atoms. The van der Waals surface area contributed by atoms with Crippen LogP contribution in [0.15, 0.2) is 29.8 Å². The predicted octanol–water partition coefficient (Wildman–Crippen LogP) is 6.54. The maximum absolute atomic E-state index is 11.8. The van der Waals surface area contributed by atoms with Crippen molar-refractivity contribution in [3.8, 4) is 11.5 Å². The zero-order chi connectivity index (χ0) is 27.5. The second-order valence-electron chi connectivity index (χ2n) is 12.9. The summed E-state index contributed by atoms with van der Waals surface area (Å²) >= 11 is 0. The number of nitro groups is 1. The van der Waals surface area contributed by atoms with Crippen LogP contribution in [0.3, 0.4) is 0 Å². The molecule has 4 saturated carbocycles. The van der Waals surface area contributed by atoms with E-state index in [0.29, 0.717) is 36.2 Å². The van der Waals surface area contributed by atoms with Gasteiger partial charge in [-0.05, 0) is 110 Å². The molecule has 0 aromatic heterocycles. The Balaban J connectivity index is 1.17. The third-order valence-electron chi connectivity index (χ3n) is 11.4. The first-order valence-corrected chi connectivity index (χ1v) is 14.3. The molecular formula is C30H37NO8. The smallest absolute Gasteiger partial charge is 0.483 e. The van der Waals surface area contributed by atoms with Crippen LogP contribution in [0.1, 0.15) is 71.6 Å². The number of carbonyl (C=O) groups is 2. The Kier molecular flexibility index (Phi) is 6.38. The number of cyclic esters (lactones) is 1. The van der Waals surface area contributed by atoms with Crippen LogP contribution in [0.4, 0.5) is 10.5 Å². The summed E-state index contributed by atoms with van der Waals surface area (Å²) in [6.45, 7) is 5.39. The Morgan fingerprint density at radius 1 is 1.08 bits per heavy atom. The second kappa shape index (κ2) is 9.52. The van der Waals surface area contributed by atoms with Gasteiger partial charge in [0.25, 0.3) is 0 Å². The molecule has 1 aromatic carbocycles. The number of benzene rings is 1. The molecule has 0 saturated heterocycles. The molecule has 9 nitrogen and oxygen atoms in total. The number of esters is 1. The lowest BCUT2D eigenvalue weighted by Gasteiger charge is -2.61. The highest BCUT2D eigenvalue weighted by Gasteiger charge is 2.61. The number of ether oxygens (including phenoxy) is 3. The minimum Gasteiger partial charge on any atom is -0.483 e. The summed E-state index contributed by atoms with van der Waals surface area (Å²) in [5, 5.41) is 20.6. The zero-order valence-electron chi connectivity index (χ0n) is 22.6. The van der Waals surface area contributed by atoms with Crippen molar-refractivity contribution in [1.82, 2.24) is 0 Å². The van der Waals surface area contributed by atoms with Crippen molar-refractivity contribution in [2.24, 2.45) is 40.4 Å².